The van der Waals surface area contributed by atoms with Gasteiger partial charge in [0, 0.05) is 17.7 Å². The Labute approximate surface area is 135 Å². The molecule has 23 heavy (non-hydrogen) atoms. The maximum absolute atomic E-state index is 11.1. The molecule has 0 radical (unpaired) electrons. The van der Waals surface area contributed by atoms with Crippen molar-refractivity contribution in [1.82, 2.24) is 5.32 Å². The van der Waals surface area contributed by atoms with Crippen molar-refractivity contribution in [3.63, 3.8) is 0 Å². The Morgan fingerprint density at radius 2 is 1.87 bits per heavy atom. The van der Waals surface area contributed by atoms with Crippen molar-refractivity contribution in [3.05, 3.63) is 58.6 Å². The van der Waals surface area contributed by atoms with Gasteiger partial charge in [-0.2, -0.15) is 0 Å². The molecule has 0 unspecified atom stereocenters. The molecule has 0 amide bonds. The fourth-order valence-corrected chi connectivity index (χ4v) is 2.86. The highest BCUT2D eigenvalue weighted by atomic mass is 16.6. The van der Waals surface area contributed by atoms with Crippen molar-refractivity contribution in [1.29, 1.82) is 0 Å². The van der Waals surface area contributed by atoms with Gasteiger partial charge in [-0.05, 0) is 43.5 Å². The second kappa shape index (κ2) is 7.24. The molecule has 0 atom stereocenters. The van der Waals surface area contributed by atoms with Gasteiger partial charge in [-0.15, -0.1) is 0 Å². The third-order valence-corrected chi connectivity index (χ3v) is 4.19. The molecular weight excluding hydrogens is 292 g/mol. The van der Waals surface area contributed by atoms with Crippen LogP contribution in [0.25, 0.3) is 11.1 Å². The van der Waals surface area contributed by atoms with Crippen LogP contribution in [0.5, 0.6) is 5.75 Å². The standard InChI is InChI=1S/C18H20N2O3/c21-20(22)16-6-7-18(23-13-14-8-10-19-11-9-14)17(12-16)15-4-2-1-3-5-15/h1-7,12,14,19H,8-11,13H2. The molecule has 2 aromatic rings. The molecule has 0 aromatic heterocycles. The molecule has 1 aliphatic heterocycles. The third kappa shape index (κ3) is 3.87. The van der Waals surface area contributed by atoms with E-state index in [-0.39, 0.29) is 10.6 Å². The summed E-state index contributed by atoms with van der Waals surface area (Å²) in [7, 11) is 0. The van der Waals surface area contributed by atoms with Crippen LogP contribution in [0.15, 0.2) is 48.5 Å². The SMILES string of the molecule is O=[N+]([O-])c1ccc(OCC2CCNCC2)c(-c2ccccc2)c1. The van der Waals surface area contributed by atoms with Gasteiger partial charge in [0.2, 0.25) is 0 Å². The van der Waals surface area contributed by atoms with Crippen LogP contribution in [0, 0.1) is 16.0 Å². The average Bonchev–Trinajstić information content (AvgIpc) is 2.61. The number of nitrogens with one attached hydrogen (secondary N) is 1. The van der Waals surface area contributed by atoms with Gasteiger partial charge in [0.1, 0.15) is 5.75 Å². The summed E-state index contributed by atoms with van der Waals surface area (Å²) in [6.45, 7) is 2.71. The Morgan fingerprint density at radius 3 is 2.57 bits per heavy atom. The van der Waals surface area contributed by atoms with Gasteiger partial charge < -0.3 is 10.1 Å². The molecule has 5 nitrogen and oxygen atoms in total. The molecule has 0 aliphatic carbocycles. The highest BCUT2D eigenvalue weighted by Gasteiger charge is 2.17. The van der Waals surface area contributed by atoms with Gasteiger partial charge in [-0.1, -0.05) is 30.3 Å². The van der Waals surface area contributed by atoms with E-state index in [1.165, 1.54) is 6.07 Å². The predicted molar refractivity (Wildman–Crippen MR) is 89.6 cm³/mol. The molecule has 1 saturated heterocycles. The van der Waals surface area contributed by atoms with Crippen LogP contribution in [0.3, 0.4) is 0 Å². The monoisotopic (exact) mass is 312 g/mol. The number of piperidine rings is 1. The van der Waals surface area contributed by atoms with Crippen molar-refractivity contribution in [3.8, 4) is 16.9 Å². The molecule has 0 spiro atoms. The Morgan fingerprint density at radius 1 is 1.13 bits per heavy atom. The number of hydrogen-bond donors (Lipinski definition) is 1. The number of nitro benzene ring substituents is 1. The molecule has 1 aliphatic rings. The van der Waals surface area contributed by atoms with E-state index in [0.29, 0.717) is 18.3 Å². The topological polar surface area (TPSA) is 64.4 Å². The minimum absolute atomic E-state index is 0.0815. The first-order chi connectivity index (χ1) is 11.2. The predicted octanol–water partition coefficient (Wildman–Crippen LogP) is 3.64. The number of hydrogen-bond acceptors (Lipinski definition) is 4. The van der Waals surface area contributed by atoms with Gasteiger partial charge in [-0.3, -0.25) is 10.1 Å². The van der Waals surface area contributed by atoms with E-state index in [2.05, 4.69) is 5.32 Å². The smallest absolute Gasteiger partial charge is 0.270 e. The van der Waals surface area contributed by atoms with Gasteiger partial charge in [0.15, 0.2) is 0 Å². The number of rotatable bonds is 5. The Bertz CT molecular complexity index is 667. The summed E-state index contributed by atoms with van der Waals surface area (Å²) in [5, 5.41) is 14.4. The van der Waals surface area contributed by atoms with E-state index in [4.69, 9.17) is 4.74 Å². The molecule has 120 valence electrons. The Balaban J connectivity index is 1.84. The van der Waals surface area contributed by atoms with Crippen LogP contribution in [-0.2, 0) is 0 Å². The minimum Gasteiger partial charge on any atom is -0.493 e. The molecule has 3 rings (SSSR count). The number of non-ortho nitro benzene ring substituents is 1. The lowest BCUT2D eigenvalue weighted by atomic mass is 9.99. The quantitative estimate of drug-likeness (QED) is 0.676. The first kappa shape index (κ1) is 15.5. The van der Waals surface area contributed by atoms with Crippen molar-refractivity contribution >= 4 is 5.69 Å². The van der Waals surface area contributed by atoms with Gasteiger partial charge in [0.05, 0.1) is 11.5 Å². The maximum Gasteiger partial charge on any atom is 0.270 e. The third-order valence-electron chi connectivity index (χ3n) is 4.19. The lowest BCUT2D eigenvalue weighted by Crippen LogP contribution is -2.30. The summed E-state index contributed by atoms with van der Waals surface area (Å²) >= 11 is 0. The second-order valence-electron chi connectivity index (χ2n) is 5.81. The molecule has 1 heterocycles. The fourth-order valence-electron chi connectivity index (χ4n) is 2.86. The zero-order valence-electron chi connectivity index (χ0n) is 12.9. The maximum atomic E-state index is 11.1. The molecule has 0 saturated carbocycles. The zero-order chi connectivity index (χ0) is 16.1. The van der Waals surface area contributed by atoms with Crippen LogP contribution >= 0.6 is 0 Å². The zero-order valence-corrected chi connectivity index (χ0v) is 12.9. The normalized spacial score (nSPS) is 15.3. The average molecular weight is 312 g/mol. The van der Waals surface area contributed by atoms with Crippen molar-refractivity contribution in [2.75, 3.05) is 19.7 Å². The minimum atomic E-state index is -0.372. The highest BCUT2D eigenvalue weighted by Crippen LogP contribution is 2.34. The van der Waals surface area contributed by atoms with Crippen LogP contribution in [-0.4, -0.2) is 24.6 Å². The Hall–Kier alpha value is -2.40. The van der Waals surface area contributed by atoms with Crippen LogP contribution < -0.4 is 10.1 Å². The molecular formula is C18H20N2O3. The van der Waals surface area contributed by atoms with E-state index in [9.17, 15) is 10.1 Å². The first-order valence-electron chi connectivity index (χ1n) is 7.91. The van der Waals surface area contributed by atoms with Crippen molar-refractivity contribution < 1.29 is 9.66 Å². The van der Waals surface area contributed by atoms with Gasteiger partial charge in [-0.25, -0.2) is 0 Å². The summed E-state index contributed by atoms with van der Waals surface area (Å²) in [5.74, 6) is 1.25. The number of nitrogens with zero attached hydrogens (tertiary/aromatic N) is 1. The molecule has 1 fully saturated rings. The summed E-state index contributed by atoms with van der Waals surface area (Å²) in [4.78, 5) is 10.7. The summed E-state index contributed by atoms with van der Waals surface area (Å²) < 4.78 is 6.02. The summed E-state index contributed by atoms with van der Waals surface area (Å²) in [5.41, 5.74) is 1.78. The number of nitro groups is 1. The summed E-state index contributed by atoms with van der Waals surface area (Å²) in [6.07, 6.45) is 2.21. The van der Waals surface area contributed by atoms with Gasteiger partial charge >= 0.3 is 0 Å². The van der Waals surface area contributed by atoms with E-state index in [0.717, 1.165) is 37.1 Å². The molecule has 2 aromatic carbocycles. The fraction of sp³-hybridized carbons (Fsp3) is 0.333. The number of benzene rings is 2. The van der Waals surface area contributed by atoms with Crippen LogP contribution in [0.1, 0.15) is 12.8 Å². The van der Waals surface area contributed by atoms with Crippen LogP contribution in [0.2, 0.25) is 0 Å². The second-order valence-corrected chi connectivity index (χ2v) is 5.81. The van der Waals surface area contributed by atoms with E-state index in [1.807, 2.05) is 30.3 Å². The largest absolute Gasteiger partial charge is 0.493 e. The molecule has 1 N–H and O–H groups in total. The van der Waals surface area contributed by atoms with Crippen LogP contribution in [0.4, 0.5) is 5.69 Å². The summed E-state index contributed by atoms with van der Waals surface area (Å²) in [6, 6.07) is 14.5. The lowest BCUT2D eigenvalue weighted by molar-refractivity contribution is -0.384. The van der Waals surface area contributed by atoms with Crippen molar-refractivity contribution in [2.45, 2.75) is 12.8 Å². The number of ether oxygens (including phenoxy) is 1. The van der Waals surface area contributed by atoms with E-state index in [1.54, 1.807) is 12.1 Å². The van der Waals surface area contributed by atoms with E-state index >= 15 is 0 Å². The lowest BCUT2D eigenvalue weighted by Gasteiger charge is -2.23. The Kier molecular flexibility index (Phi) is 4.88. The molecule has 0 bridgehead atoms. The van der Waals surface area contributed by atoms with Crippen molar-refractivity contribution in [2.24, 2.45) is 5.92 Å². The highest BCUT2D eigenvalue weighted by molar-refractivity contribution is 5.72. The first-order valence-corrected chi connectivity index (χ1v) is 7.91. The van der Waals surface area contributed by atoms with E-state index < -0.39 is 0 Å². The van der Waals surface area contributed by atoms with Gasteiger partial charge in [0.25, 0.3) is 5.69 Å². The molecule has 5 heteroatoms.